The molecule has 0 N–H and O–H groups in total. The Balaban J connectivity index is 1.45. The second kappa shape index (κ2) is 6.96. The Labute approximate surface area is 156 Å². The Bertz CT molecular complexity index is 952. The van der Waals surface area contributed by atoms with E-state index in [-0.39, 0.29) is 5.91 Å². The standard InChI is InChI=1S/C19H18ClN5O/c1-12-9-22-17(11-21-12)19(26)25-6-4-13(5-7-25)16-3-2-14-8-15(20)10-23-18(14)24-16/h2-3,8-11,13H,4-7H2,1H3. The minimum Gasteiger partial charge on any atom is -0.337 e. The number of halogens is 1. The van der Waals surface area contributed by atoms with Gasteiger partial charge in [-0.3, -0.25) is 9.78 Å². The van der Waals surface area contributed by atoms with Crippen molar-refractivity contribution in [3.63, 3.8) is 0 Å². The van der Waals surface area contributed by atoms with Crippen LogP contribution in [0.2, 0.25) is 5.02 Å². The van der Waals surface area contributed by atoms with Gasteiger partial charge in [0.25, 0.3) is 5.91 Å². The van der Waals surface area contributed by atoms with E-state index in [4.69, 9.17) is 11.6 Å². The van der Waals surface area contributed by atoms with E-state index in [0.717, 1.165) is 29.6 Å². The van der Waals surface area contributed by atoms with Crippen molar-refractivity contribution in [1.29, 1.82) is 0 Å². The van der Waals surface area contributed by atoms with E-state index in [2.05, 4.69) is 19.9 Å². The van der Waals surface area contributed by atoms with Crippen LogP contribution in [0.1, 0.15) is 40.6 Å². The maximum absolute atomic E-state index is 12.5. The van der Waals surface area contributed by atoms with Crippen LogP contribution in [0.25, 0.3) is 11.0 Å². The summed E-state index contributed by atoms with van der Waals surface area (Å²) in [5.41, 5.74) is 2.94. The van der Waals surface area contributed by atoms with Crippen LogP contribution in [0.15, 0.2) is 36.8 Å². The van der Waals surface area contributed by atoms with Gasteiger partial charge in [0.2, 0.25) is 0 Å². The van der Waals surface area contributed by atoms with Crippen molar-refractivity contribution in [2.45, 2.75) is 25.7 Å². The molecule has 0 aromatic carbocycles. The Morgan fingerprint density at radius 2 is 1.92 bits per heavy atom. The Hall–Kier alpha value is -2.60. The first-order valence-electron chi connectivity index (χ1n) is 8.60. The second-order valence-electron chi connectivity index (χ2n) is 6.55. The Kier molecular flexibility index (Phi) is 4.51. The van der Waals surface area contributed by atoms with Crippen LogP contribution >= 0.6 is 11.6 Å². The number of fused-ring (bicyclic) bond motifs is 1. The number of pyridine rings is 2. The van der Waals surface area contributed by atoms with Crippen molar-refractivity contribution >= 4 is 28.5 Å². The van der Waals surface area contributed by atoms with Crippen molar-refractivity contribution in [3.05, 3.63) is 58.9 Å². The van der Waals surface area contributed by atoms with Crippen LogP contribution in [0.4, 0.5) is 0 Å². The highest BCUT2D eigenvalue weighted by atomic mass is 35.5. The summed E-state index contributed by atoms with van der Waals surface area (Å²) in [5.74, 6) is 0.267. The number of aryl methyl sites for hydroxylation is 1. The van der Waals surface area contributed by atoms with Crippen LogP contribution in [0.5, 0.6) is 0 Å². The van der Waals surface area contributed by atoms with Gasteiger partial charge in [0.1, 0.15) is 5.69 Å². The lowest BCUT2D eigenvalue weighted by molar-refractivity contribution is 0.0705. The fourth-order valence-electron chi connectivity index (χ4n) is 3.27. The molecule has 1 amide bonds. The fourth-order valence-corrected chi connectivity index (χ4v) is 3.44. The molecule has 1 aliphatic heterocycles. The number of likely N-dealkylation sites (tertiary alicyclic amines) is 1. The predicted molar refractivity (Wildman–Crippen MR) is 99.2 cm³/mol. The van der Waals surface area contributed by atoms with Crippen LogP contribution < -0.4 is 0 Å². The molecule has 4 rings (SSSR count). The van der Waals surface area contributed by atoms with Gasteiger partial charge in [0, 0.05) is 42.5 Å². The molecule has 7 heteroatoms. The normalized spacial score (nSPS) is 15.4. The van der Waals surface area contributed by atoms with E-state index in [9.17, 15) is 4.79 Å². The van der Waals surface area contributed by atoms with Crippen molar-refractivity contribution in [1.82, 2.24) is 24.8 Å². The molecule has 26 heavy (non-hydrogen) atoms. The molecule has 3 aromatic rings. The van der Waals surface area contributed by atoms with E-state index < -0.39 is 0 Å². The van der Waals surface area contributed by atoms with Gasteiger partial charge in [-0.25, -0.2) is 15.0 Å². The molecule has 0 atom stereocenters. The number of nitrogens with zero attached hydrogens (tertiary/aromatic N) is 5. The number of rotatable bonds is 2. The number of piperidine rings is 1. The maximum atomic E-state index is 12.5. The quantitative estimate of drug-likeness (QED) is 0.694. The highest BCUT2D eigenvalue weighted by molar-refractivity contribution is 6.31. The van der Waals surface area contributed by atoms with Gasteiger partial charge in [-0.15, -0.1) is 0 Å². The highest BCUT2D eigenvalue weighted by Crippen LogP contribution is 2.28. The molecule has 0 unspecified atom stereocenters. The molecule has 0 bridgehead atoms. The summed E-state index contributed by atoms with van der Waals surface area (Å²) in [6.45, 7) is 3.23. The Morgan fingerprint density at radius 1 is 1.12 bits per heavy atom. The third-order valence-corrected chi connectivity index (χ3v) is 4.94. The summed E-state index contributed by atoms with van der Waals surface area (Å²) < 4.78 is 0. The molecule has 3 aromatic heterocycles. The molecule has 1 fully saturated rings. The fraction of sp³-hybridized carbons (Fsp3) is 0.316. The maximum Gasteiger partial charge on any atom is 0.274 e. The molecule has 1 saturated heterocycles. The smallest absolute Gasteiger partial charge is 0.274 e. The Morgan fingerprint density at radius 3 is 2.65 bits per heavy atom. The largest absolute Gasteiger partial charge is 0.337 e. The minimum atomic E-state index is -0.0567. The molecule has 4 heterocycles. The van der Waals surface area contributed by atoms with Gasteiger partial charge in [-0.05, 0) is 38.0 Å². The van der Waals surface area contributed by atoms with E-state index in [1.807, 2.05) is 30.0 Å². The van der Waals surface area contributed by atoms with Gasteiger partial charge >= 0.3 is 0 Å². The second-order valence-corrected chi connectivity index (χ2v) is 6.98. The lowest BCUT2D eigenvalue weighted by Gasteiger charge is -2.31. The summed E-state index contributed by atoms with van der Waals surface area (Å²) in [4.78, 5) is 31.7. The van der Waals surface area contributed by atoms with Gasteiger partial charge < -0.3 is 4.90 Å². The van der Waals surface area contributed by atoms with E-state index in [1.54, 1.807) is 18.6 Å². The van der Waals surface area contributed by atoms with Crippen molar-refractivity contribution < 1.29 is 4.79 Å². The van der Waals surface area contributed by atoms with Crippen LogP contribution in [-0.2, 0) is 0 Å². The molecule has 132 valence electrons. The van der Waals surface area contributed by atoms with Crippen LogP contribution in [0, 0.1) is 6.92 Å². The van der Waals surface area contributed by atoms with Crippen molar-refractivity contribution in [2.24, 2.45) is 0 Å². The number of amides is 1. The van der Waals surface area contributed by atoms with Gasteiger partial charge in [0.15, 0.2) is 5.65 Å². The zero-order valence-electron chi connectivity index (χ0n) is 14.4. The summed E-state index contributed by atoms with van der Waals surface area (Å²) in [6, 6.07) is 5.91. The lowest BCUT2D eigenvalue weighted by atomic mass is 9.92. The molecule has 0 aliphatic carbocycles. The first-order valence-corrected chi connectivity index (χ1v) is 8.98. The zero-order valence-corrected chi connectivity index (χ0v) is 15.1. The SMILES string of the molecule is Cc1cnc(C(=O)N2CCC(c3ccc4cc(Cl)cnc4n3)CC2)cn1. The highest BCUT2D eigenvalue weighted by Gasteiger charge is 2.26. The van der Waals surface area contributed by atoms with Gasteiger partial charge in [-0.1, -0.05) is 11.6 Å². The number of aromatic nitrogens is 4. The zero-order chi connectivity index (χ0) is 18.1. The molecule has 0 spiro atoms. The summed E-state index contributed by atoms with van der Waals surface area (Å²) >= 11 is 5.97. The third kappa shape index (κ3) is 3.37. The van der Waals surface area contributed by atoms with Crippen LogP contribution in [0.3, 0.4) is 0 Å². The molecule has 0 saturated carbocycles. The number of hydrogen-bond acceptors (Lipinski definition) is 5. The van der Waals surface area contributed by atoms with Crippen LogP contribution in [-0.4, -0.2) is 43.8 Å². The topological polar surface area (TPSA) is 71.9 Å². The summed E-state index contributed by atoms with van der Waals surface area (Å²) in [7, 11) is 0. The number of carbonyl (C=O) groups is 1. The van der Waals surface area contributed by atoms with Gasteiger partial charge in [-0.2, -0.15) is 0 Å². The molecule has 0 radical (unpaired) electrons. The van der Waals surface area contributed by atoms with Gasteiger partial charge in [0.05, 0.1) is 16.9 Å². The molecule has 1 aliphatic rings. The average Bonchev–Trinajstić information content (AvgIpc) is 2.68. The summed E-state index contributed by atoms with van der Waals surface area (Å²) in [6.07, 6.45) is 6.53. The number of hydrogen-bond donors (Lipinski definition) is 0. The molecular weight excluding hydrogens is 350 g/mol. The minimum absolute atomic E-state index is 0.0567. The first-order chi connectivity index (χ1) is 12.6. The molecular formula is C19H18ClN5O. The van der Waals surface area contributed by atoms with E-state index in [1.165, 1.54) is 0 Å². The van der Waals surface area contributed by atoms with E-state index in [0.29, 0.717) is 35.4 Å². The third-order valence-electron chi connectivity index (χ3n) is 4.73. The van der Waals surface area contributed by atoms with E-state index >= 15 is 0 Å². The average molecular weight is 368 g/mol. The predicted octanol–water partition coefficient (Wildman–Crippen LogP) is 3.40. The lowest BCUT2D eigenvalue weighted by Crippen LogP contribution is -2.38. The monoisotopic (exact) mass is 367 g/mol. The number of carbonyl (C=O) groups excluding carboxylic acids is 1. The van der Waals surface area contributed by atoms with Crippen molar-refractivity contribution in [2.75, 3.05) is 13.1 Å². The first kappa shape index (κ1) is 16.8. The summed E-state index contributed by atoms with van der Waals surface area (Å²) in [5, 5.41) is 1.55. The van der Waals surface area contributed by atoms with Crippen molar-refractivity contribution in [3.8, 4) is 0 Å². The molecule has 6 nitrogen and oxygen atoms in total.